The summed E-state index contributed by atoms with van der Waals surface area (Å²) in [5, 5.41) is 4.24. The van der Waals surface area contributed by atoms with Gasteiger partial charge in [0.25, 0.3) is 0 Å². The van der Waals surface area contributed by atoms with Crippen molar-refractivity contribution in [3.05, 3.63) is 60.3 Å². The second-order valence-electron chi connectivity index (χ2n) is 5.63. The van der Waals surface area contributed by atoms with Crippen molar-refractivity contribution < 1.29 is 0 Å². The van der Waals surface area contributed by atoms with Crippen molar-refractivity contribution in [1.82, 2.24) is 15.2 Å². The molecule has 4 nitrogen and oxygen atoms in total. The van der Waals surface area contributed by atoms with Gasteiger partial charge in [0, 0.05) is 38.9 Å². The second-order valence-corrected chi connectivity index (χ2v) is 6.02. The minimum Gasteiger partial charge on any atom is -0.362 e. The molecule has 1 aliphatic heterocycles. The van der Waals surface area contributed by atoms with Crippen molar-refractivity contribution in [2.45, 2.75) is 6.42 Å². The van der Waals surface area contributed by atoms with E-state index in [2.05, 4.69) is 50.4 Å². The summed E-state index contributed by atoms with van der Waals surface area (Å²) in [6.45, 7) is 4.67. The number of piperazine rings is 1. The molecule has 0 unspecified atom stereocenters. The summed E-state index contributed by atoms with van der Waals surface area (Å²) in [4.78, 5) is 8.97. The highest BCUT2D eigenvalue weighted by molar-refractivity contribution is 7.80. The van der Waals surface area contributed by atoms with Crippen LogP contribution in [0.4, 0.5) is 5.82 Å². The van der Waals surface area contributed by atoms with E-state index >= 15 is 0 Å². The Hall–Kier alpha value is -2.14. The highest BCUT2D eigenvalue weighted by Gasteiger charge is 2.19. The predicted octanol–water partition coefficient (Wildman–Crippen LogP) is 2.32. The van der Waals surface area contributed by atoms with Gasteiger partial charge in [0.1, 0.15) is 5.82 Å². The molecule has 1 N–H and O–H groups in total. The molecule has 1 aromatic carbocycles. The van der Waals surface area contributed by atoms with E-state index < -0.39 is 0 Å². The van der Waals surface area contributed by atoms with Crippen LogP contribution in [-0.4, -0.2) is 47.7 Å². The van der Waals surface area contributed by atoms with Crippen LogP contribution in [0.3, 0.4) is 0 Å². The van der Waals surface area contributed by atoms with Crippen LogP contribution in [0.5, 0.6) is 0 Å². The molecule has 23 heavy (non-hydrogen) atoms. The molecule has 0 saturated carbocycles. The van der Waals surface area contributed by atoms with Crippen LogP contribution in [0, 0.1) is 0 Å². The maximum atomic E-state index is 5.53. The van der Waals surface area contributed by atoms with E-state index in [0.717, 1.165) is 50.1 Å². The van der Waals surface area contributed by atoms with Gasteiger partial charge in [-0.15, -0.1) is 0 Å². The summed E-state index contributed by atoms with van der Waals surface area (Å²) in [6.07, 6.45) is 2.84. The molecule has 0 atom stereocenters. The van der Waals surface area contributed by atoms with Gasteiger partial charge >= 0.3 is 0 Å². The molecule has 5 heteroatoms. The third kappa shape index (κ3) is 4.42. The number of rotatable bonds is 4. The fourth-order valence-corrected chi connectivity index (χ4v) is 3.03. The average Bonchev–Trinajstić information content (AvgIpc) is 2.63. The van der Waals surface area contributed by atoms with Crippen LogP contribution in [0.15, 0.2) is 54.7 Å². The molecule has 1 saturated heterocycles. The Morgan fingerprint density at radius 1 is 1.00 bits per heavy atom. The first-order chi connectivity index (χ1) is 11.3. The molecular formula is C18H22N4S. The molecular weight excluding hydrogens is 304 g/mol. The summed E-state index contributed by atoms with van der Waals surface area (Å²) in [5.74, 6) is 1.05. The van der Waals surface area contributed by atoms with E-state index in [4.69, 9.17) is 12.2 Å². The van der Waals surface area contributed by atoms with E-state index in [-0.39, 0.29) is 0 Å². The molecule has 0 aliphatic carbocycles. The molecule has 0 bridgehead atoms. The van der Waals surface area contributed by atoms with Crippen molar-refractivity contribution in [3.63, 3.8) is 0 Å². The summed E-state index contributed by atoms with van der Waals surface area (Å²) in [6, 6.07) is 16.5. The molecule has 0 amide bonds. The largest absolute Gasteiger partial charge is 0.362 e. The summed E-state index contributed by atoms with van der Waals surface area (Å²) in [7, 11) is 0. The molecule has 0 radical (unpaired) electrons. The van der Waals surface area contributed by atoms with Crippen LogP contribution in [0.2, 0.25) is 0 Å². The Morgan fingerprint density at radius 2 is 1.74 bits per heavy atom. The van der Waals surface area contributed by atoms with Crippen molar-refractivity contribution in [2.75, 3.05) is 37.6 Å². The van der Waals surface area contributed by atoms with E-state index in [1.807, 2.05) is 24.4 Å². The first-order valence-corrected chi connectivity index (χ1v) is 8.46. The number of benzene rings is 1. The van der Waals surface area contributed by atoms with Gasteiger partial charge in [0.05, 0.1) is 0 Å². The number of hydrogen-bond donors (Lipinski definition) is 1. The normalized spacial score (nSPS) is 14.6. The maximum Gasteiger partial charge on any atom is 0.169 e. The Balaban J connectivity index is 1.41. The lowest BCUT2D eigenvalue weighted by Gasteiger charge is -2.36. The Morgan fingerprint density at radius 3 is 2.43 bits per heavy atom. The van der Waals surface area contributed by atoms with Gasteiger partial charge < -0.3 is 15.1 Å². The van der Waals surface area contributed by atoms with Crippen molar-refractivity contribution in [2.24, 2.45) is 0 Å². The third-order valence-corrected chi connectivity index (χ3v) is 4.48. The number of nitrogens with zero attached hydrogens (tertiary/aromatic N) is 3. The molecule has 2 aromatic rings. The topological polar surface area (TPSA) is 31.4 Å². The van der Waals surface area contributed by atoms with Gasteiger partial charge in [-0.3, -0.25) is 0 Å². The standard InChI is InChI=1S/C18H22N4S/c23-18(20-11-9-16-6-2-1-3-7-16)22-14-12-21(13-15-22)17-8-4-5-10-19-17/h1-8,10H,9,11-15H2,(H,20,23). The first kappa shape index (κ1) is 15.7. The highest BCUT2D eigenvalue weighted by Crippen LogP contribution is 2.12. The van der Waals surface area contributed by atoms with Crippen LogP contribution < -0.4 is 10.2 Å². The SMILES string of the molecule is S=C(NCCc1ccccc1)N1CCN(c2ccccn2)CC1. The van der Waals surface area contributed by atoms with Crippen molar-refractivity contribution in [3.8, 4) is 0 Å². The minimum absolute atomic E-state index is 0.863. The zero-order chi connectivity index (χ0) is 15.9. The van der Waals surface area contributed by atoms with Crippen LogP contribution >= 0.6 is 12.2 Å². The maximum absolute atomic E-state index is 5.53. The zero-order valence-electron chi connectivity index (χ0n) is 13.2. The lowest BCUT2D eigenvalue weighted by molar-refractivity contribution is 0.379. The monoisotopic (exact) mass is 326 g/mol. The lowest BCUT2D eigenvalue weighted by atomic mass is 10.1. The fourth-order valence-electron chi connectivity index (χ4n) is 2.75. The van der Waals surface area contributed by atoms with E-state index in [1.54, 1.807) is 0 Å². The molecule has 0 spiro atoms. The quantitative estimate of drug-likeness (QED) is 0.872. The van der Waals surface area contributed by atoms with Crippen molar-refractivity contribution in [1.29, 1.82) is 0 Å². The van der Waals surface area contributed by atoms with Crippen LogP contribution in [0.25, 0.3) is 0 Å². The van der Waals surface area contributed by atoms with E-state index in [0.29, 0.717) is 0 Å². The third-order valence-electron chi connectivity index (χ3n) is 4.07. The first-order valence-electron chi connectivity index (χ1n) is 8.05. The molecule has 2 heterocycles. The summed E-state index contributed by atoms with van der Waals surface area (Å²) in [5.41, 5.74) is 1.34. The Kier molecular flexibility index (Phi) is 5.42. The molecule has 1 aromatic heterocycles. The number of thiocarbonyl (C=S) groups is 1. The predicted molar refractivity (Wildman–Crippen MR) is 98.8 cm³/mol. The smallest absolute Gasteiger partial charge is 0.169 e. The van der Waals surface area contributed by atoms with E-state index in [1.165, 1.54) is 5.56 Å². The van der Waals surface area contributed by atoms with Gasteiger partial charge in [0.15, 0.2) is 5.11 Å². The van der Waals surface area contributed by atoms with E-state index in [9.17, 15) is 0 Å². The highest BCUT2D eigenvalue weighted by atomic mass is 32.1. The average molecular weight is 326 g/mol. The number of nitrogens with one attached hydrogen (secondary N) is 1. The van der Waals surface area contributed by atoms with Crippen LogP contribution in [0.1, 0.15) is 5.56 Å². The van der Waals surface area contributed by atoms with Gasteiger partial charge in [0.2, 0.25) is 0 Å². The second kappa shape index (κ2) is 7.92. The Labute approximate surface area is 143 Å². The van der Waals surface area contributed by atoms with Gasteiger partial charge in [-0.25, -0.2) is 4.98 Å². The van der Waals surface area contributed by atoms with Gasteiger partial charge in [-0.05, 0) is 36.3 Å². The van der Waals surface area contributed by atoms with Crippen molar-refractivity contribution >= 4 is 23.1 Å². The fraction of sp³-hybridized carbons (Fsp3) is 0.333. The molecule has 1 fully saturated rings. The minimum atomic E-state index is 0.863. The Bertz CT molecular complexity index is 609. The molecule has 3 rings (SSSR count). The summed E-state index contributed by atoms with van der Waals surface area (Å²) >= 11 is 5.53. The molecule has 1 aliphatic rings. The van der Waals surface area contributed by atoms with Gasteiger partial charge in [-0.2, -0.15) is 0 Å². The lowest BCUT2D eigenvalue weighted by Crippen LogP contribution is -2.52. The number of hydrogen-bond acceptors (Lipinski definition) is 3. The van der Waals surface area contributed by atoms with Gasteiger partial charge in [-0.1, -0.05) is 36.4 Å². The molecule has 120 valence electrons. The summed E-state index contributed by atoms with van der Waals surface area (Å²) < 4.78 is 0. The van der Waals surface area contributed by atoms with Crippen LogP contribution in [-0.2, 0) is 6.42 Å². The zero-order valence-corrected chi connectivity index (χ0v) is 14.0. The number of pyridine rings is 1. The number of aromatic nitrogens is 1. The number of anilines is 1.